The lowest BCUT2D eigenvalue weighted by atomic mass is 10.2. The topological polar surface area (TPSA) is 145 Å². The summed E-state index contributed by atoms with van der Waals surface area (Å²) in [7, 11) is 0. The Morgan fingerprint density at radius 2 is 1.07 bits per heavy atom. The van der Waals surface area contributed by atoms with E-state index in [0.29, 0.717) is 38.3 Å². The number of carbonyl (C=O) groups is 2. The second-order valence-electron chi connectivity index (χ2n) is 8.97. The first-order chi connectivity index (χ1) is 19.9. The van der Waals surface area contributed by atoms with E-state index in [1.807, 2.05) is 0 Å². The van der Waals surface area contributed by atoms with Crippen molar-refractivity contribution in [1.29, 1.82) is 0 Å². The molecule has 0 spiro atoms. The summed E-state index contributed by atoms with van der Waals surface area (Å²) in [5.74, 6) is -1.23. The van der Waals surface area contributed by atoms with Crippen molar-refractivity contribution in [3.05, 3.63) is 83.0 Å². The molecule has 4 aromatic heterocycles. The van der Waals surface area contributed by atoms with Crippen molar-refractivity contribution >= 4 is 11.8 Å². The zero-order chi connectivity index (χ0) is 30.3. The molecule has 222 valence electrons. The molecule has 0 unspecified atom stereocenters. The van der Waals surface area contributed by atoms with Crippen molar-refractivity contribution in [1.82, 2.24) is 50.6 Å². The van der Waals surface area contributed by atoms with E-state index < -0.39 is 35.3 Å². The van der Waals surface area contributed by atoms with E-state index in [1.54, 1.807) is 0 Å². The monoisotopic (exact) mass is 596 g/mol. The SMILES string of the molecule is O=C(NCc1cncc(C(F)(F)F)c1)c1cn(CCCCn2cc(C(=O)NCc3cncc(C(F)(F)F)c3)nn2)nn1. The zero-order valence-corrected chi connectivity index (χ0v) is 21.5. The van der Waals surface area contributed by atoms with Crippen molar-refractivity contribution in [2.24, 2.45) is 0 Å². The molecule has 4 rings (SSSR count). The highest BCUT2D eigenvalue weighted by atomic mass is 19.4. The number of amides is 2. The van der Waals surface area contributed by atoms with Gasteiger partial charge in [0.05, 0.1) is 23.5 Å². The molecule has 4 aromatic rings. The van der Waals surface area contributed by atoms with Crippen LogP contribution in [0.15, 0.2) is 49.3 Å². The zero-order valence-electron chi connectivity index (χ0n) is 21.5. The second-order valence-corrected chi connectivity index (χ2v) is 8.97. The van der Waals surface area contributed by atoms with Gasteiger partial charge in [0.1, 0.15) is 0 Å². The van der Waals surface area contributed by atoms with Crippen LogP contribution in [0.2, 0.25) is 0 Å². The highest BCUT2D eigenvalue weighted by Gasteiger charge is 2.31. The Morgan fingerprint density at radius 1 is 0.667 bits per heavy atom. The minimum atomic E-state index is -4.54. The third kappa shape index (κ3) is 8.31. The van der Waals surface area contributed by atoms with Gasteiger partial charge in [-0.15, -0.1) is 10.2 Å². The molecule has 18 heteroatoms. The molecule has 12 nitrogen and oxygen atoms in total. The minimum Gasteiger partial charge on any atom is -0.346 e. The molecule has 0 bridgehead atoms. The normalized spacial score (nSPS) is 11.9. The van der Waals surface area contributed by atoms with E-state index in [4.69, 9.17) is 0 Å². The predicted molar refractivity (Wildman–Crippen MR) is 130 cm³/mol. The highest BCUT2D eigenvalue weighted by Crippen LogP contribution is 2.29. The summed E-state index contributed by atoms with van der Waals surface area (Å²) in [4.78, 5) is 31.7. The van der Waals surface area contributed by atoms with Gasteiger partial charge in [0.2, 0.25) is 0 Å². The number of hydrogen-bond acceptors (Lipinski definition) is 8. The summed E-state index contributed by atoms with van der Waals surface area (Å²) < 4.78 is 79.7. The Hall–Kier alpha value is -4.90. The van der Waals surface area contributed by atoms with Crippen LogP contribution in [0.25, 0.3) is 0 Å². The summed E-state index contributed by atoms with van der Waals surface area (Å²) in [5.41, 5.74) is -1.51. The van der Waals surface area contributed by atoms with Crippen LogP contribution in [0.3, 0.4) is 0 Å². The van der Waals surface area contributed by atoms with E-state index in [1.165, 1.54) is 34.2 Å². The number of halogens is 6. The number of nitrogens with one attached hydrogen (secondary N) is 2. The predicted octanol–water partition coefficient (Wildman–Crippen LogP) is 3.04. The van der Waals surface area contributed by atoms with Gasteiger partial charge < -0.3 is 10.6 Å². The number of unbranched alkanes of at least 4 members (excludes halogenated alkanes) is 1. The largest absolute Gasteiger partial charge is 0.417 e. The fourth-order valence-electron chi connectivity index (χ4n) is 3.60. The number of pyridine rings is 2. The third-order valence-electron chi connectivity index (χ3n) is 5.72. The van der Waals surface area contributed by atoms with Gasteiger partial charge in [0, 0.05) is 51.0 Å². The molecule has 0 aliphatic carbocycles. The van der Waals surface area contributed by atoms with Crippen molar-refractivity contribution in [3.8, 4) is 0 Å². The van der Waals surface area contributed by atoms with E-state index >= 15 is 0 Å². The molecule has 0 atom stereocenters. The third-order valence-corrected chi connectivity index (χ3v) is 5.72. The lowest BCUT2D eigenvalue weighted by Gasteiger charge is -2.08. The maximum atomic E-state index is 12.8. The van der Waals surface area contributed by atoms with E-state index in [2.05, 4.69) is 41.2 Å². The van der Waals surface area contributed by atoms with Crippen LogP contribution < -0.4 is 10.6 Å². The van der Waals surface area contributed by atoms with Gasteiger partial charge in [0.15, 0.2) is 11.4 Å². The number of aryl methyl sites for hydroxylation is 2. The summed E-state index contributed by atoms with van der Waals surface area (Å²) in [6.07, 6.45) is -1.29. The van der Waals surface area contributed by atoms with Gasteiger partial charge in [-0.3, -0.25) is 28.9 Å². The molecule has 0 aliphatic heterocycles. The Bertz CT molecular complexity index is 1420. The van der Waals surface area contributed by atoms with E-state index in [0.717, 1.165) is 12.1 Å². The number of aromatic nitrogens is 8. The van der Waals surface area contributed by atoms with E-state index in [-0.39, 0.29) is 35.6 Å². The number of nitrogens with zero attached hydrogens (tertiary/aromatic N) is 8. The molecule has 0 aliphatic rings. The summed E-state index contributed by atoms with van der Waals surface area (Å²) in [6, 6.07) is 1.79. The molecule has 0 fully saturated rings. The van der Waals surface area contributed by atoms with Gasteiger partial charge in [-0.25, -0.2) is 0 Å². The molecule has 0 saturated heterocycles. The smallest absolute Gasteiger partial charge is 0.346 e. The van der Waals surface area contributed by atoms with E-state index in [9.17, 15) is 35.9 Å². The first-order valence-corrected chi connectivity index (χ1v) is 12.3. The molecule has 0 saturated carbocycles. The van der Waals surface area contributed by atoms with Crippen LogP contribution in [0.5, 0.6) is 0 Å². The standard InChI is InChI=1S/C24H22F6N10O2/c25-23(26,27)17-5-15(7-31-11-17)9-33-21(41)19-13-39(37-35-19)3-1-2-4-40-14-20(36-38-40)22(42)34-10-16-6-18(12-32-8-16)24(28,29)30/h5-8,11-14H,1-4,9-10H2,(H,33,41)(H,34,42). The summed E-state index contributed by atoms with van der Waals surface area (Å²) in [5, 5.41) is 20.2. The van der Waals surface area contributed by atoms with Crippen molar-refractivity contribution in [3.63, 3.8) is 0 Å². The van der Waals surface area contributed by atoms with Crippen molar-refractivity contribution in [2.45, 2.75) is 51.4 Å². The number of hydrogen-bond donors (Lipinski definition) is 2. The molecule has 4 heterocycles. The first kappa shape index (κ1) is 30.1. The van der Waals surface area contributed by atoms with Crippen LogP contribution in [0.4, 0.5) is 26.3 Å². The van der Waals surface area contributed by atoms with Gasteiger partial charge in [-0.1, -0.05) is 10.4 Å². The number of carbonyl (C=O) groups excluding carboxylic acids is 2. The maximum Gasteiger partial charge on any atom is 0.417 e. The van der Waals surface area contributed by atoms with Crippen LogP contribution in [-0.4, -0.2) is 51.8 Å². The van der Waals surface area contributed by atoms with Gasteiger partial charge in [-0.05, 0) is 36.1 Å². The van der Waals surface area contributed by atoms with Gasteiger partial charge in [-0.2, -0.15) is 26.3 Å². The Kier molecular flexibility index (Phi) is 9.12. The highest BCUT2D eigenvalue weighted by molar-refractivity contribution is 5.92. The van der Waals surface area contributed by atoms with Crippen LogP contribution in [-0.2, 0) is 38.5 Å². The Labute approximate surface area is 233 Å². The molecular formula is C24H22F6N10O2. The molecule has 2 amide bonds. The van der Waals surface area contributed by atoms with Crippen LogP contribution in [0, 0.1) is 0 Å². The van der Waals surface area contributed by atoms with Crippen molar-refractivity contribution in [2.75, 3.05) is 0 Å². The molecule has 0 radical (unpaired) electrons. The quantitative estimate of drug-likeness (QED) is 0.199. The average Bonchev–Trinajstić information content (AvgIpc) is 3.62. The van der Waals surface area contributed by atoms with Crippen LogP contribution in [0.1, 0.15) is 56.1 Å². The fraction of sp³-hybridized carbons (Fsp3) is 0.333. The molecule has 2 N–H and O–H groups in total. The molecule has 42 heavy (non-hydrogen) atoms. The Morgan fingerprint density at radius 3 is 1.45 bits per heavy atom. The van der Waals surface area contributed by atoms with Gasteiger partial charge in [0.25, 0.3) is 11.8 Å². The Balaban J connectivity index is 1.18. The fourth-order valence-corrected chi connectivity index (χ4v) is 3.60. The summed E-state index contributed by atoms with van der Waals surface area (Å²) >= 11 is 0. The van der Waals surface area contributed by atoms with Crippen molar-refractivity contribution < 1.29 is 35.9 Å². The second kappa shape index (κ2) is 12.7. The van der Waals surface area contributed by atoms with Crippen LogP contribution >= 0.6 is 0 Å². The maximum absolute atomic E-state index is 12.8. The molecular weight excluding hydrogens is 574 g/mol. The summed E-state index contributed by atoms with van der Waals surface area (Å²) in [6.45, 7) is 0.432. The number of rotatable bonds is 11. The average molecular weight is 596 g/mol. The molecule has 0 aromatic carbocycles. The first-order valence-electron chi connectivity index (χ1n) is 12.3. The number of alkyl halides is 6. The van der Waals surface area contributed by atoms with Gasteiger partial charge >= 0.3 is 12.4 Å². The lowest BCUT2D eigenvalue weighted by molar-refractivity contribution is -0.138. The minimum absolute atomic E-state index is 0.0113. The lowest BCUT2D eigenvalue weighted by Crippen LogP contribution is -2.23.